The van der Waals surface area contributed by atoms with Gasteiger partial charge in [-0.3, -0.25) is 4.98 Å². The van der Waals surface area contributed by atoms with E-state index in [0.717, 1.165) is 37.3 Å². The van der Waals surface area contributed by atoms with Crippen LogP contribution in [0.15, 0.2) is 67.1 Å². The molecule has 2 heterocycles. The molecular weight excluding hydrogens is 310 g/mol. The van der Waals surface area contributed by atoms with Gasteiger partial charge in [0.25, 0.3) is 0 Å². The van der Waals surface area contributed by atoms with E-state index in [4.69, 9.17) is 0 Å². The van der Waals surface area contributed by atoms with E-state index in [2.05, 4.69) is 62.5 Å². The number of likely N-dealkylation sites (N-methyl/N-ethyl adjacent to an activating group) is 1. The van der Waals surface area contributed by atoms with Crippen molar-refractivity contribution in [2.45, 2.75) is 6.42 Å². The molecule has 25 heavy (non-hydrogen) atoms. The lowest BCUT2D eigenvalue weighted by Gasteiger charge is -2.17. The van der Waals surface area contributed by atoms with Gasteiger partial charge in [0.15, 0.2) is 0 Å². The number of rotatable bonds is 8. The van der Waals surface area contributed by atoms with Crippen molar-refractivity contribution < 1.29 is 0 Å². The van der Waals surface area contributed by atoms with Crippen LogP contribution in [0.3, 0.4) is 0 Å². The number of pyridine rings is 1. The molecule has 0 saturated heterocycles. The molecule has 5 heteroatoms. The Hall–Kier alpha value is -2.79. The minimum absolute atomic E-state index is 0.651. The molecular formula is C20H23N5. The molecule has 0 fully saturated rings. The SMILES string of the molecule is CN(CCNc1nccc(-c2cccnc2)n1)CCc1ccccc1. The van der Waals surface area contributed by atoms with Crippen molar-refractivity contribution in [1.82, 2.24) is 19.9 Å². The van der Waals surface area contributed by atoms with Crippen LogP contribution < -0.4 is 5.32 Å². The smallest absolute Gasteiger partial charge is 0.223 e. The Morgan fingerprint density at radius 1 is 0.960 bits per heavy atom. The summed E-state index contributed by atoms with van der Waals surface area (Å²) in [6, 6.07) is 16.4. The van der Waals surface area contributed by atoms with Crippen LogP contribution in [0.1, 0.15) is 5.56 Å². The highest BCUT2D eigenvalue weighted by Gasteiger charge is 2.03. The molecule has 5 nitrogen and oxygen atoms in total. The van der Waals surface area contributed by atoms with Crippen molar-refractivity contribution in [3.05, 3.63) is 72.7 Å². The van der Waals surface area contributed by atoms with Crippen molar-refractivity contribution in [3.8, 4) is 11.3 Å². The molecule has 0 aliphatic carbocycles. The maximum Gasteiger partial charge on any atom is 0.223 e. The molecule has 1 aromatic carbocycles. The van der Waals surface area contributed by atoms with Gasteiger partial charge in [-0.2, -0.15) is 0 Å². The minimum atomic E-state index is 0.651. The average molecular weight is 333 g/mol. The minimum Gasteiger partial charge on any atom is -0.353 e. The summed E-state index contributed by atoms with van der Waals surface area (Å²) in [7, 11) is 2.14. The third-order valence-electron chi connectivity index (χ3n) is 4.01. The van der Waals surface area contributed by atoms with Crippen LogP contribution in [0, 0.1) is 0 Å². The summed E-state index contributed by atoms with van der Waals surface area (Å²) >= 11 is 0. The number of hydrogen-bond donors (Lipinski definition) is 1. The van der Waals surface area contributed by atoms with E-state index in [0.29, 0.717) is 5.95 Å². The van der Waals surface area contributed by atoms with Crippen LogP contribution in [-0.4, -0.2) is 46.5 Å². The Morgan fingerprint density at radius 2 is 1.84 bits per heavy atom. The van der Waals surface area contributed by atoms with Crippen LogP contribution in [-0.2, 0) is 6.42 Å². The molecule has 0 aliphatic heterocycles. The highest BCUT2D eigenvalue weighted by molar-refractivity contribution is 5.58. The van der Waals surface area contributed by atoms with Crippen LogP contribution in [0.2, 0.25) is 0 Å². The topological polar surface area (TPSA) is 53.9 Å². The lowest BCUT2D eigenvalue weighted by molar-refractivity contribution is 0.351. The first kappa shape index (κ1) is 17.0. The van der Waals surface area contributed by atoms with Gasteiger partial charge in [-0.15, -0.1) is 0 Å². The summed E-state index contributed by atoms with van der Waals surface area (Å²) in [6.45, 7) is 2.78. The number of nitrogens with zero attached hydrogens (tertiary/aromatic N) is 4. The predicted octanol–water partition coefficient (Wildman–Crippen LogP) is 3.13. The highest BCUT2D eigenvalue weighted by Crippen LogP contribution is 2.15. The number of benzene rings is 1. The maximum absolute atomic E-state index is 4.55. The van der Waals surface area contributed by atoms with Crippen molar-refractivity contribution in [2.24, 2.45) is 0 Å². The molecule has 1 N–H and O–H groups in total. The summed E-state index contributed by atoms with van der Waals surface area (Å²) in [5, 5.41) is 3.30. The summed E-state index contributed by atoms with van der Waals surface area (Å²) in [5.74, 6) is 0.651. The second-order valence-electron chi connectivity index (χ2n) is 5.97. The molecule has 128 valence electrons. The Balaban J connectivity index is 1.46. The summed E-state index contributed by atoms with van der Waals surface area (Å²) in [4.78, 5) is 15.3. The Labute approximate surface area is 148 Å². The normalized spacial score (nSPS) is 10.8. The molecule has 0 spiro atoms. The number of nitrogens with one attached hydrogen (secondary N) is 1. The zero-order valence-corrected chi connectivity index (χ0v) is 14.5. The molecule has 0 bridgehead atoms. The summed E-state index contributed by atoms with van der Waals surface area (Å²) in [5.41, 5.74) is 3.24. The Morgan fingerprint density at radius 3 is 2.64 bits per heavy atom. The molecule has 0 saturated carbocycles. The van der Waals surface area contributed by atoms with Crippen LogP contribution in [0.4, 0.5) is 5.95 Å². The monoisotopic (exact) mass is 333 g/mol. The molecule has 2 aromatic heterocycles. The molecule has 0 atom stereocenters. The van der Waals surface area contributed by atoms with E-state index in [1.54, 1.807) is 12.4 Å². The first-order valence-corrected chi connectivity index (χ1v) is 8.51. The van der Waals surface area contributed by atoms with Gasteiger partial charge in [0.1, 0.15) is 0 Å². The number of anilines is 1. The van der Waals surface area contributed by atoms with Crippen molar-refractivity contribution in [3.63, 3.8) is 0 Å². The lowest BCUT2D eigenvalue weighted by Crippen LogP contribution is -2.27. The number of hydrogen-bond acceptors (Lipinski definition) is 5. The fourth-order valence-electron chi connectivity index (χ4n) is 2.55. The van der Waals surface area contributed by atoms with Gasteiger partial charge in [-0.25, -0.2) is 9.97 Å². The predicted molar refractivity (Wildman–Crippen MR) is 101 cm³/mol. The van der Waals surface area contributed by atoms with Crippen LogP contribution >= 0.6 is 0 Å². The molecule has 0 unspecified atom stereocenters. The summed E-state index contributed by atoms with van der Waals surface area (Å²) in [6.07, 6.45) is 6.40. The third kappa shape index (κ3) is 5.36. The van der Waals surface area contributed by atoms with E-state index in [-0.39, 0.29) is 0 Å². The van der Waals surface area contributed by atoms with E-state index in [9.17, 15) is 0 Å². The van der Waals surface area contributed by atoms with Gasteiger partial charge >= 0.3 is 0 Å². The molecule has 0 amide bonds. The summed E-state index contributed by atoms with van der Waals surface area (Å²) < 4.78 is 0. The van der Waals surface area contributed by atoms with Gasteiger partial charge in [0, 0.05) is 43.8 Å². The van der Waals surface area contributed by atoms with Gasteiger partial charge in [0.2, 0.25) is 5.95 Å². The van der Waals surface area contributed by atoms with Gasteiger partial charge < -0.3 is 10.2 Å². The number of aromatic nitrogens is 3. The first-order chi connectivity index (χ1) is 12.3. The Kier molecular flexibility index (Phi) is 6.06. The highest BCUT2D eigenvalue weighted by atomic mass is 15.1. The zero-order chi connectivity index (χ0) is 17.3. The van der Waals surface area contributed by atoms with Crippen LogP contribution in [0.25, 0.3) is 11.3 Å². The Bertz CT molecular complexity index is 761. The van der Waals surface area contributed by atoms with Crippen molar-refractivity contribution in [1.29, 1.82) is 0 Å². The van der Waals surface area contributed by atoms with Crippen molar-refractivity contribution >= 4 is 5.95 Å². The fraction of sp³-hybridized carbons (Fsp3) is 0.250. The van der Waals surface area contributed by atoms with Gasteiger partial charge in [0.05, 0.1) is 5.69 Å². The average Bonchev–Trinajstić information content (AvgIpc) is 2.68. The van der Waals surface area contributed by atoms with Gasteiger partial charge in [-0.05, 0) is 37.2 Å². The zero-order valence-electron chi connectivity index (χ0n) is 14.5. The molecule has 3 rings (SSSR count). The largest absolute Gasteiger partial charge is 0.353 e. The van der Waals surface area contributed by atoms with Crippen molar-refractivity contribution in [2.75, 3.05) is 32.0 Å². The van der Waals surface area contributed by atoms with E-state index < -0.39 is 0 Å². The molecule has 3 aromatic rings. The molecule has 0 aliphatic rings. The second-order valence-corrected chi connectivity index (χ2v) is 5.97. The fourth-order valence-corrected chi connectivity index (χ4v) is 2.55. The van der Waals surface area contributed by atoms with E-state index >= 15 is 0 Å². The van der Waals surface area contributed by atoms with Crippen LogP contribution in [0.5, 0.6) is 0 Å². The lowest BCUT2D eigenvalue weighted by atomic mass is 10.1. The van der Waals surface area contributed by atoms with E-state index in [1.807, 2.05) is 24.4 Å². The molecule has 0 radical (unpaired) electrons. The van der Waals surface area contributed by atoms with E-state index in [1.165, 1.54) is 5.56 Å². The quantitative estimate of drug-likeness (QED) is 0.686. The standard InChI is InChI=1S/C20H23N5/c1-25(14-10-17-6-3-2-4-7-17)15-13-23-20-22-12-9-19(24-20)18-8-5-11-21-16-18/h2-9,11-12,16H,10,13-15H2,1H3,(H,22,23,24). The first-order valence-electron chi connectivity index (χ1n) is 8.51. The maximum atomic E-state index is 4.55. The third-order valence-corrected chi connectivity index (χ3v) is 4.01. The van der Waals surface area contributed by atoms with Gasteiger partial charge in [-0.1, -0.05) is 30.3 Å². The second kappa shape index (κ2) is 8.89.